The summed E-state index contributed by atoms with van der Waals surface area (Å²) >= 11 is 13.0. The zero-order valence-corrected chi connectivity index (χ0v) is 22.2. The van der Waals surface area contributed by atoms with E-state index in [1.807, 2.05) is 24.2 Å². The van der Waals surface area contributed by atoms with Gasteiger partial charge in [0.1, 0.15) is 12.4 Å². The number of nitrogens with two attached hydrogens (primary N) is 1. The highest BCUT2D eigenvalue weighted by atomic mass is 35.5. The highest BCUT2D eigenvalue weighted by Gasteiger charge is 2.58. The van der Waals surface area contributed by atoms with Gasteiger partial charge >= 0.3 is 6.03 Å². The number of urea groups is 1. The van der Waals surface area contributed by atoms with Crippen molar-refractivity contribution in [1.29, 1.82) is 0 Å². The monoisotopic (exact) mass is 542 g/mol. The molecule has 1 aliphatic carbocycles. The fourth-order valence-electron chi connectivity index (χ4n) is 5.82. The first-order chi connectivity index (χ1) is 17.8. The Morgan fingerprint density at radius 1 is 1.22 bits per heavy atom. The number of ether oxygens (including phenoxy) is 1. The van der Waals surface area contributed by atoms with Gasteiger partial charge in [-0.1, -0.05) is 23.2 Å². The van der Waals surface area contributed by atoms with Gasteiger partial charge in [0.25, 0.3) is 0 Å². The van der Waals surface area contributed by atoms with Gasteiger partial charge in [0, 0.05) is 49.2 Å². The van der Waals surface area contributed by atoms with Gasteiger partial charge in [-0.25, -0.2) is 14.8 Å². The fraction of sp³-hybridized carbons (Fsp3) is 0.440. The van der Waals surface area contributed by atoms with Crippen molar-refractivity contribution in [2.45, 2.75) is 25.7 Å². The first-order valence-electron chi connectivity index (χ1n) is 12.3. The Hall–Kier alpha value is -3.08. The number of amides is 2. The largest absolute Gasteiger partial charge is 0.491 e. The van der Waals surface area contributed by atoms with Crippen LogP contribution in [0.5, 0.6) is 5.75 Å². The Balaban J connectivity index is 1.26. The smallest absolute Gasteiger partial charge is 0.320 e. The van der Waals surface area contributed by atoms with Crippen LogP contribution in [-0.2, 0) is 19.6 Å². The molecule has 2 aliphatic heterocycles. The molecule has 4 heterocycles. The van der Waals surface area contributed by atoms with E-state index in [1.165, 1.54) is 0 Å². The third kappa shape index (κ3) is 4.47. The average Bonchev–Trinajstić information content (AvgIpc) is 3.30. The second-order valence-corrected chi connectivity index (χ2v) is 10.9. The Kier molecular flexibility index (Phi) is 6.13. The van der Waals surface area contributed by atoms with Crippen LogP contribution in [0.25, 0.3) is 11.3 Å². The van der Waals surface area contributed by atoms with Gasteiger partial charge in [-0.3, -0.25) is 4.68 Å². The Morgan fingerprint density at radius 2 is 2.00 bits per heavy atom. The van der Waals surface area contributed by atoms with E-state index >= 15 is 0 Å². The molecule has 0 spiro atoms. The standard InChI is InChI=1S/C25H28Cl2N8O2/c1-32-10-15-16(11-32)23(15)33(2)25(36)34-12-17-19(13-34)30-24(28)31-22(17)21-18(27)8-14(26)9-20(21)37-7-6-35-5-3-4-29-35/h3-5,8-9,15-16,23H,6-7,10-13H2,1-2H3,(H2,28,30,31)/t15-,16+,23?. The normalized spacial score (nSPS) is 22.2. The molecule has 2 fully saturated rings. The number of piperidine rings is 1. The molecule has 2 amide bonds. The fourth-order valence-corrected chi connectivity index (χ4v) is 6.39. The molecule has 1 saturated heterocycles. The molecule has 12 heteroatoms. The van der Waals surface area contributed by atoms with Crippen LogP contribution in [0.15, 0.2) is 30.6 Å². The molecule has 1 saturated carbocycles. The van der Waals surface area contributed by atoms with E-state index < -0.39 is 0 Å². The average molecular weight is 543 g/mol. The Bertz CT molecular complexity index is 1340. The minimum Gasteiger partial charge on any atom is -0.491 e. The van der Waals surface area contributed by atoms with E-state index in [0.717, 1.165) is 18.7 Å². The zero-order valence-electron chi connectivity index (χ0n) is 20.6. The molecule has 2 aromatic heterocycles. The first kappa shape index (κ1) is 24.3. The quantitative estimate of drug-likeness (QED) is 0.509. The molecule has 1 unspecified atom stereocenters. The predicted octanol–water partition coefficient (Wildman–Crippen LogP) is 3.24. The summed E-state index contributed by atoms with van der Waals surface area (Å²) in [6.45, 7) is 3.70. The van der Waals surface area contributed by atoms with Crippen molar-refractivity contribution in [3.63, 3.8) is 0 Å². The molecule has 3 aliphatic rings. The van der Waals surface area contributed by atoms with Crippen molar-refractivity contribution in [1.82, 2.24) is 34.4 Å². The van der Waals surface area contributed by atoms with Crippen LogP contribution in [-0.4, -0.2) is 80.3 Å². The number of hydrogen-bond acceptors (Lipinski definition) is 7. The third-order valence-electron chi connectivity index (χ3n) is 7.54. The number of nitrogen functional groups attached to an aromatic ring is 1. The van der Waals surface area contributed by atoms with Crippen molar-refractivity contribution in [2.75, 3.05) is 39.5 Å². The van der Waals surface area contributed by atoms with Gasteiger partial charge < -0.3 is 25.2 Å². The second kappa shape index (κ2) is 9.34. The van der Waals surface area contributed by atoms with E-state index in [1.54, 1.807) is 27.9 Å². The number of halogens is 2. The number of likely N-dealkylation sites (tertiary alicyclic amines) is 1. The van der Waals surface area contributed by atoms with Gasteiger partial charge in [-0.2, -0.15) is 5.10 Å². The van der Waals surface area contributed by atoms with Crippen LogP contribution < -0.4 is 10.5 Å². The second-order valence-electron chi connectivity index (χ2n) is 10.0. The van der Waals surface area contributed by atoms with Gasteiger partial charge in [-0.15, -0.1) is 0 Å². The SMILES string of the molecule is CN1C[C@@H]2C(N(C)C(=O)N3Cc4nc(N)nc(-c5c(Cl)cc(Cl)cc5OCCn5cccn5)c4C3)[C@@H]2C1. The van der Waals surface area contributed by atoms with Gasteiger partial charge in [0.2, 0.25) is 5.95 Å². The van der Waals surface area contributed by atoms with E-state index in [9.17, 15) is 4.79 Å². The van der Waals surface area contributed by atoms with Crippen molar-refractivity contribution >= 4 is 35.2 Å². The van der Waals surface area contributed by atoms with Crippen LogP contribution in [0.4, 0.5) is 10.7 Å². The van der Waals surface area contributed by atoms with Crippen molar-refractivity contribution in [2.24, 2.45) is 11.8 Å². The molecule has 3 atom stereocenters. The lowest BCUT2D eigenvalue weighted by molar-refractivity contribution is 0.152. The topological polar surface area (TPSA) is 106 Å². The van der Waals surface area contributed by atoms with Gasteiger partial charge in [-0.05, 0) is 37.1 Å². The molecule has 0 radical (unpaired) electrons. The molecular formula is C25H28Cl2N8O2. The Morgan fingerprint density at radius 3 is 2.73 bits per heavy atom. The Labute approximate surface area is 224 Å². The highest BCUT2D eigenvalue weighted by Crippen LogP contribution is 2.48. The first-order valence-corrected chi connectivity index (χ1v) is 13.0. The molecule has 3 aromatic rings. The number of fused-ring (bicyclic) bond motifs is 2. The summed E-state index contributed by atoms with van der Waals surface area (Å²) in [6, 6.07) is 5.50. The number of hydrogen-bond donors (Lipinski definition) is 1. The molecular weight excluding hydrogens is 515 g/mol. The molecule has 10 nitrogen and oxygen atoms in total. The maximum Gasteiger partial charge on any atom is 0.320 e. The number of rotatable bonds is 6. The number of anilines is 1. The van der Waals surface area contributed by atoms with Crippen LogP contribution in [0.1, 0.15) is 11.3 Å². The van der Waals surface area contributed by atoms with Crippen molar-refractivity contribution < 1.29 is 9.53 Å². The summed E-state index contributed by atoms with van der Waals surface area (Å²) in [5.41, 5.74) is 8.78. The van der Waals surface area contributed by atoms with Crippen LogP contribution in [0.2, 0.25) is 10.0 Å². The molecule has 194 valence electrons. The molecule has 1 aromatic carbocycles. The lowest BCUT2D eigenvalue weighted by Gasteiger charge is -2.27. The predicted molar refractivity (Wildman–Crippen MR) is 140 cm³/mol. The number of benzene rings is 1. The van der Waals surface area contributed by atoms with Crippen LogP contribution in [0.3, 0.4) is 0 Å². The van der Waals surface area contributed by atoms with Crippen molar-refractivity contribution in [3.05, 3.63) is 51.9 Å². The van der Waals surface area contributed by atoms with Gasteiger partial charge in [0.15, 0.2) is 0 Å². The van der Waals surface area contributed by atoms with E-state index in [0.29, 0.717) is 76.9 Å². The molecule has 6 rings (SSSR count). The number of aromatic nitrogens is 4. The number of nitrogens with zero attached hydrogens (tertiary/aromatic N) is 7. The van der Waals surface area contributed by atoms with E-state index in [-0.39, 0.29) is 12.0 Å². The number of carbonyl (C=O) groups excluding carboxylic acids is 1. The number of carbonyl (C=O) groups is 1. The minimum absolute atomic E-state index is 0.0116. The van der Waals surface area contributed by atoms with E-state index in [4.69, 9.17) is 33.7 Å². The summed E-state index contributed by atoms with van der Waals surface area (Å²) in [4.78, 5) is 28.5. The summed E-state index contributed by atoms with van der Waals surface area (Å²) in [5, 5.41) is 5.04. The van der Waals surface area contributed by atoms with Crippen LogP contribution in [0, 0.1) is 11.8 Å². The summed E-state index contributed by atoms with van der Waals surface area (Å²) in [7, 11) is 4.03. The molecule has 2 N–H and O–H groups in total. The van der Waals surface area contributed by atoms with E-state index in [2.05, 4.69) is 27.0 Å². The lowest BCUT2D eigenvalue weighted by Crippen LogP contribution is -2.42. The highest BCUT2D eigenvalue weighted by molar-refractivity contribution is 6.37. The minimum atomic E-state index is -0.0116. The maximum absolute atomic E-state index is 13.5. The van der Waals surface area contributed by atoms with Gasteiger partial charge in [0.05, 0.1) is 41.6 Å². The summed E-state index contributed by atoms with van der Waals surface area (Å²) in [5.74, 6) is 1.72. The molecule has 37 heavy (non-hydrogen) atoms. The zero-order chi connectivity index (χ0) is 25.8. The maximum atomic E-state index is 13.5. The third-order valence-corrected chi connectivity index (χ3v) is 8.06. The van der Waals surface area contributed by atoms with Crippen LogP contribution >= 0.6 is 23.2 Å². The molecule has 0 bridgehead atoms. The summed E-state index contributed by atoms with van der Waals surface area (Å²) in [6.07, 6.45) is 3.58. The lowest BCUT2D eigenvalue weighted by atomic mass is 10.0. The van der Waals surface area contributed by atoms with Crippen molar-refractivity contribution in [3.8, 4) is 17.0 Å². The summed E-state index contributed by atoms with van der Waals surface area (Å²) < 4.78 is 7.88.